The molecule has 0 saturated carbocycles. The zero-order valence-electron chi connectivity index (χ0n) is 15.4. The second-order valence-electron chi connectivity index (χ2n) is 6.53. The maximum atomic E-state index is 14.3. The molecule has 4 rings (SSSR count). The van der Waals surface area contributed by atoms with E-state index in [-0.39, 0.29) is 11.9 Å². The third kappa shape index (κ3) is 3.30. The van der Waals surface area contributed by atoms with Gasteiger partial charge in [0.25, 0.3) is 0 Å². The van der Waals surface area contributed by atoms with E-state index < -0.39 is 5.82 Å². The minimum atomic E-state index is -0.410. The first-order valence-corrected chi connectivity index (χ1v) is 9.34. The number of hydrogen-bond acceptors (Lipinski definition) is 6. The van der Waals surface area contributed by atoms with Gasteiger partial charge in [-0.2, -0.15) is 0 Å². The topological polar surface area (TPSA) is 57.1 Å². The Balaban J connectivity index is 1.89. The Labute approximate surface area is 159 Å². The zero-order valence-corrected chi connectivity index (χ0v) is 16.2. The fraction of sp³-hybridized carbons (Fsp3) is 0.250. The predicted molar refractivity (Wildman–Crippen MR) is 105 cm³/mol. The Morgan fingerprint density at radius 2 is 1.89 bits per heavy atom. The molecule has 0 amide bonds. The summed E-state index contributed by atoms with van der Waals surface area (Å²) in [6.45, 7) is 5.73. The number of nitrogens with zero attached hydrogens (tertiary/aromatic N) is 3. The fourth-order valence-electron chi connectivity index (χ4n) is 2.90. The molecule has 138 valence electrons. The molecule has 2 aromatic heterocycles. The Morgan fingerprint density at radius 1 is 1.07 bits per heavy atom. The van der Waals surface area contributed by atoms with E-state index in [0.717, 1.165) is 31.9 Å². The molecule has 2 heterocycles. The maximum Gasteiger partial charge on any atom is 0.232 e. The van der Waals surface area contributed by atoms with Crippen molar-refractivity contribution >= 4 is 32.6 Å². The van der Waals surface area contributed by atoms with Crippen molar-refractivity contribution in [2.45, 2.75) is 26.9 Å². The van der Waals surface area contributed by atoms with E-state index >= 15 is 0 Å². The van der Waals surface area contributed by atoms with Gasteiger partial charge in [0.15, 0.2) is 11.6 Å². The summed E-state index contributed by atoms with van der Waals surface area (Å²) in [5, 5.41) is 0.763. The molecule has 7 heteroatoms. The van der Waals surface area contributed by atoms with Crippen LogP contribution >= 0.6 is 11.3 Å². The molecule has 0 aliphatic carbocycles. The van der Waals surface area contributed by atoms with Crippen LogP contribution in [0.5, 0.6) is 11.6 Å². The molecule has 0 aliphatic rings. The first kappa shape index (κ1) is 17.6. The van der Waals surface area contributed by atoms with Crippen LogP contribution in [0.3, 0.4) is 0 Å². The lowest BCUT2D eigenvalue weighted by Crippen LogP contribution is -2.06. The highest BCUT2D eigenvalue weighted by molar-refractivity contribution is 7.21. The molecule has 27 heavy (non-hydrogen) atoms. The summed E-state index contributed by atoms with van der Waals surface area (Å²) in [5.41, 5.74) is 3.97. The molecule has 4 aromatic rings. The van der Waals surface area contributed by atoms with Crippen molar-refractivity contribution in [2.75, 3.05) is 7.11 Å². The molecule has 0 saturated heterocycles. The Morgan fingerprint density at radius 3 is 2.63 bits per heavy atom. The average Bonchev–Trinajstić information content (AvgIpc) is 3.02. The number of thiazole rings is 1. The smallest absolute Gasteiger partial charge is 0.232 e. The highest BCUT2D eigenvalue weighted by atomic mass is 32.1. The summed E-state index contributed by atoms with van der Waals surface area (Å²) in [6.07, 6.45) is 1.48. The van der Waals surface area contributed by atoms with Crippen LogP contribution in [0.2, 0.25) is 0 Å². The van der Waals surface area contributed by atoms with Crippen LogP contribution in [0, 0.1) is 12.7 Å². The van der Waals surface area contributed by atoms with Crippen LogP contribution in [0.15, 0.2) is 30.5 Å². The number of hydrogen-bond donors (Lipinski definition) is 0. The fourth-order valence-corrected chi connectivity index (χ4v) is 3.89. The third-order valence-electron chi connectivity index (χ3n) is 4.01. The lowest BCUT2D eigenvalue weighted by atomic mass is 10.1. The van der Waals surface area contributed by atoms with Gasteiger partial charge in [-0.3, -0.25) is 0 Å². The second-order valence-corrected chi connectivity index (χ2v) is 7.56. The Bertz CT molecular complexity index is 1160. The lowest BCUT2D eigenvalue weighted by Gasteiger charge is -2.09. The maximum absolute atomic E-state index is 14.3. The van der Waals surface area contributed by atoms with Crippen LogP contribution < -0.4 is 9.47 Å². The van der Waals surface area contributed by atoms with Crippen LogP contribution in [-0.4, -0.2) is 28.2 Å². The van der Waals surface area contributed by atoms with E-state index in [9.17, 15) is 4.39 Å². The number of fused-ring (bicyclic) bond motifs is 2. The van der Waals surface area contributed by atoms with Gasteiger partial charge in [-0.05, 0) is 38.5 Å². The van der Waals surface area contributed by atoms with Gasteiger partial charge in [0.05, 0.1) is 40.7 Å². The summed E-state index contributed by atoms with van der Waals surface area (Å²) >= 11 is 1.48. The van der Waals surface area contributed by atoms with E-state index in [4.69, 9.17) is 9.47 Å². The molecule has 5 nitrogen and oxygen atoms in total. The minimum Gasteiger partial charge on any atom is -0.488 e. The number of rotatable bonds is 4. The zero-order chi connectivity index (χ0) is 19.1. The van der Waals surface area contributed by atoms with Crippen molar-refractivity contribution in [1.29, 1.82) is 0 Å². The molecule has 0 bridgehead atoms. The van der Waals surface area contributed by atoms with Crippen LogP contribution in [0.4, 0.5) is 4.39 Å². The number of methoxy groups -OCH3 is 1. The quantitative estimate of drug-likeness (QED) is 0.488. The molecule has 0 aliphatic heterocycles. The highest BCUT2D eigenvalue weighted by Gasteiger charge is 2.16. The number of halogens is 1. The van der Waals surface area contributed by atoms with Gasteiger partial charge < -0.3 is 9.47 Å². The molecule has 0 spiro atoms. The standard InChI is InChI=1S/C20H18FN3O2S/c1-10(2)26-16-8-17-14(7-13(16)21)24-20(27-17)12-5-11(3)6-15-19(12)22-9-18(23-15)25-4/h5-10H,1-4H3. The van der Waals surface area contributed by atoms with Crippen LogP contribution in [0.25, 0.3) is 31.8 Å². The molecule has 2 aromatic carbocycles. The van der Waals surface area contributed by atoms with Crippen molar-refractivity contribution in [1.82, 2.24) is 15.0 Å². The van der Waals surface area contributed by atoms with Gasteiger partial charge in [-0.15, -0.1) is 11.3 Å². The van der Waals surface area contributed by atoms with Gasteiger partial charge >= 0.3 is 0 Å². The van der Waals surface area contributed by atoms with E-state index in [1.165, 1.54) is 17.4 Å². The summed E-state index contributed by atoms with van der Waals surface area (Å²) in [7, 11) is 1.56. The molecular weight excluding hydrogens is 365 g/mol. The van der Waals surface area contributed by atoms with Crippen molar-refractivity contribution < 1.29 is 13.9 Å². The molecule has 0 radical (unpaired) electrons. The first-order chi connectivity index (χ1) is 12.9. The lowest BCUT2D eigenvalue weighted by molar-refractivity contribution is 0.231. The number of aryl methyl sites for hydroxylation is 1. The number of aromatic nitrogens is 3. The van der Waals surface area contributed by atoms with E-state index in [1.807, 2.05) is 32.9 Å². The van der Waals surface area contributed by atoms with Crippen molar-refractivity contribution in [2.24, 2.45) is 0 Å². The van der Waals surface area contributed by atoms with Gasteiger partial charge in [-0.1, -0.05) is 0 Å². The number of benzene rings is 2. The summed E-state index contributed by atoms with van der Waals surface area (Å²) in [4.78, 5) is 13.6. The molecule has 0 N–H and O–H groups in total. The SMILES string of the molecule is COc1cnc2c(-c3nc4cc(F)c(OC(C)C)cc4s3)cc(C)cc2n1. The van der Waals surface area contributed by atoms with Gasteiger partial charge in [-0.25, -0.2) is 19.3 Å². The minimum absolute atomic E-state index is 0.102. The monoisotopic (exact) mass is 383 g/mol. The normalized spacial score (nSPS) is 11.5. The molecule has 0 unspecified atom stereocenters. The predicted octanol–water partition coefficient (Wildman–Crippen LogP) is 5.15. The highest BCUT2D eigenvalue weighted by Crippen LogP contribution is 2.37. The van der Waals surface area contributed by atoms with Gasteiger partial charge in [0.2, 0.25) is 5.88 Å². The largest absolute Gasteiger partial charge is 0.488 e. The van der Waals surface area contributed by atoms with Crippen molar-refractivity contribution in [3.05, 3.63) is 41.8 Å². The van der Waals surface area contributed by atoms with Crippen molar-refractivity contribution in [3.63, 3.8) is 0 Å². The van der Waals surface area contributed by atoms with E-state index in [1.54, 1.807) is 19.4 Å². The molecule has 0 atom stereocenters. The summed E-state index contributed by atoms with van der Waals surface area (Å²) in [6, 6.07) is 7.09. The Hall–Kier alpha value is -2.80. The van der Waals surface area contributed by atoms with Crippen molar-refractivity contribution in [3.8, 4) is 22.2 Å². The molecular formula is C20H18FN3O2S. The van der Waals surface area contributed by atoms with Gasteiger partial charge in [0, 0.05) is 17.7 Å². The van der Waals surface area contributed by atoms with Crippen LogP contribution in [-0.2, 0) is 0 Å². The van der Waals surface area contributed by atoms with E-state index in [0.29, 0.717) is 11.4 Å². The first-order valence-electron chi connectivity index (χ1n) is 8.53. The molecule has 0 fully saturated rings. The third-order valence-corrected chi connectivity index (χ3v) is 5.06. The van der Waals surface area contributed by atoms with E-state index in [2.05, 4.69) is 15.0 Å². The number of ether oxygens (including phenoxy) is 2. The van der Waals surface area contributed by atoms with Crippen LogP contribution in [0.1, 0.15) is 19.4 Å². The van der Waals surface area contributed by atoms with Gasteiger partial charge in [0.1, 0.15) is 5.01 Å². The average molecular weight is 383 g/mol. The second kappa shape index (κ2) is 6.74. The summed E-state index contributed by atoms with van der Waals surface area (Å²) < 4.78 is 25.9. The Kier molecular flexibility index (Phi) is 4.39. The summed E-state index contributed by atoms with van der Waals surface area (Å²) in [5.74, 6) is 0.291.